The lowest BCUT2D eigenvalue weighted by Gasteiger charge is -2.08. The summed E-state index contributed by atoms with van der Waals surface area (Å²) in [6.07, 6.45) is 6.31. The fraction of sp³-hybridized carbons (Fsp3) is 0.500. The number of hydrogen-bond donors (Lipinski definition) is 1. The largest absolute Gasteiger partial charge is 0.327 e. The van der Waals surface area contributed by atoms with Crippen LogP contribution in [-0.2, 0) is 11.2 Å². The first-order chi connectivity index (χ1) is 7.22. The van der Waals surface area contributed by atoms with Crippen molar-refractivity contribution in [1.82, 2.24) is 4.98 Å². The summed E-state index contributed by atoms with van der Waals surface area (Å²) < 4.78 is 0. The summed E-state index contributed by atoms with van der Waals surface area (Å²) in [4.78, 5) is 15.5. The second-order valence-electron chi connectivity index (χ2n) is 3.82. The van der Waals surface area contributed by atoms with Gasteiger partial charge in [-0.15, -0.1) is 0 Å². The number of hydrogen-bond acceptors (Lipinski definition) is 3. The third-order valence-electron chi connectivity index (χ3n) is 2.30. The van der Waals surface area contributed by atoms with Gasteiger partial charge in [-0.1, -0.05) is 13.3 Å². The van der Waals surface area contributed by atoms with E-state index in [1.165, 1.54) is 0 Å². The molecule has 2 N–H and O–H groups in total. The van der Waals surface area contributed by atoms with Crippen LogP contribution < -0.4 is 5.73 Å². The van der Waals surface area contributed by atoms with Gasteiger partial charge in [0.25, 0.3) is 0 Å². The molecule has 0 aromatic carbocycles. The number of rotatable bonds is 6. The summed E-state index contributed by atoms with van der Waals surface area (Å²) in [5, 5.41) is 0. The molecular formula is C12H18N2O. The van der Waals surface area contributed by atoms with Crippen LogP contribution in [0.25, 0.3) is 0 Å². The van der Waals surface area contributed by atoms with Crippen LogP contribution >= 0.6 is 0 Å². The van der Waals surface area contributed by atoms with E-state index in [0.29, 0.717) is 12.8 Å². The Kier molecular flexibility index (Phi) is 4.98. The van der Waals surface area contributed by atoms with Crippen molar-refractivity contribution < 1.29 is 4.79 Å². The Hall–Kier alpha value is -1.22. The van der Waals surface area contributed by atoms with E-state index in [2.05, 4.69) is 11.9 Å². The van der Waals surface area contributed by atoms with Gasteiger partial charge < -0.3 is 5.73 Å². The standard InChI is InChI=1S/C12H18N2O/c1-2-3-11(13)9-12(15)8-10-4-6-14-7-5-10/h4-7,11H,2-3,8-9,13H2,1H3. The van der Waals surface area contributed by atoms with Crippen molar-refractivity contribution in [2.24, 2.45) is 5.73 Å². The number of pyridine rings is 1. The van der Waals surface area contributed by atoms with Crippen molar-refractivity contribution in [2.45, 2.75) is 38.6 Å². The van der Waals surface area contributed by atoms with E-state index in [0.717, 1.165) is 18.4 Å². The molecular weight excluding hydrogens is 188 g/mol. The monoisotopic (exact) mass is 206 g/mol. The van der Waals surface area contributed by atoms with Crippen molar-refractivity contribution in [3.63, 3.8) is 0 Å². The van der Waals surface area contributed by atoms with Crippen LogP contribution in [0.4, 0.5) is 0 Å². The zero-order valence-corrected chi connectivity index (χ0v) is 9.15. The topological polar surface area (TPSA) is 56.0 Å². The molecule has 3 nitrogen and oxygen atoms in total. The number of ketones is 1. The van der Waals surface area contributed by atoms with E-state index >= 15 is 0 Å². The molecule has 0 aliphatic rings. The molecule has 1 unspecified atom stereocenters. The Labute approximate surface area is 90.7 Å². The summed E-state index contributed by atoms with van der Waals surface area (Å²) in [5.74, 6) is 0.210. The highest BCUT2D eigenvalue weighted by atomic mass is 16.1. The molecule has 1 rings (SSSR count). The van der Waals surface area contributed by atoms with Crippen LogP contribution in [0, 0.1) is 0 Å². The van der Waals surface area contributed by atoms with Crippen LogP contribution in [0.5, 0.6) is 0 Å². The molecule has 3 heteroatoms. The smallest absolute Gasteiger partial charge is 0.138 e. The molecule has 1 aromatic rings. The van der Waals surface area contributed by atoms with Crippen molar-refractivity contribution in [3.05, 3.63) is 30.1 Å². The molecule has 0 aliphatic heterocycles. The van der Waals surface area contributed by atoms with Crippen LogP contribution in [0.2, 0.25) is 0 Å². The zero-order chi connectivity index (χ0) is 11.1. The minimum absolute atomic E-state index is 0.0179. The Morgan fingerprint density at radius 3 is 2.73 bits per heavy atom. The predicted molar refractivity (Wildman–Crippen MR) is 60.4 cm³/mol. The van der Waals surface area contributed by atoms with Crippen LogP contribution in [0.1, 0.15) is 31.7 Å². The maximum atomic E-state index is 11.6. The number of Topliss-reactive ketones (excluding diaryl/α,β-unsaturated/α-hetero) is 1. The molecule has 0 amide bonds. The average molecular weight is 206 g/mol. The minimum Gasteiger partial charge on any atom is -0.327 e. The third-order valence-corrected chi connectivity index (χ3v) is 2.30. The van der Waals surface area contributed by atoms with Gasteiger partial charge in [0.15, 0.2) is 0 Å². The van der Waals surface area contributed by atoms with E-state index < -0.39 is 0 Å². The lowest BCUT2D eigenvalue weighted by Crippen LogP contribution is -2.24. The van der Waals surface area contributed by atoms with Gasteiger partial charge in [-0.2, -0.15) is 0 Å². The van der Waals surface area contributed by atoms with Crippen LogP contribution in [0.15, 0.2) is 24.5 Å². The molecule has 82 valence electrons. The van der Waals surface area contributed by atoms with Gasteiger partial charge in [-0.05, 0) is 24.1 Å². The fourth-order valence-corrected chi connectivity index (χ4v) is 1.57. The van der Waals surface area contributed by atoms with Crippen molar-refractivity contribution in [3.8, 4) is 0 Å². The van der Waals surface area contributed by atoms with Gasteiger partial charge in [-0.25, -0.2) is 0 Å². The summed E-state index contributed by atoms with van der Waals surface area (Å²) in [6.45, 7) is 2.08. The molecule has 15 heavy (non-hydrogen) atoms. The molecule has 0 spiro atoms. The number of aromatic nitrogens is 1. The molecule has 0 aliphatic carbocycles. The first-order valence-electron chi connectivity index (χ1n) is 5.38. The Morgan fingerprint density at radius 2 is 2.13 bits per heavy atom. The maximum absolute atomic E-state index is 11.6. The molecule has 1 aromatic heterocycles. The summed E-state index contributed by atoms with van der Waals surface area (Å²) in [6, 6.07) is 3.75. The van der Waals surface area contributed by atoms with Gasteiger partial charge in [0, 0.05) is 31.3 Å². The minimum atomic E-state index is 0.0179. The first kappa shape index (κ1) is 11.9. The second-order valence-corrected chi connectivity index (χ2v) is 3.82. The van der Waals surface area contributed by atoms with Crippen LogP contribution in [0.3, 0.4) is 0 Å². The zero-order valence-electron chi connectivity index (χ0n) is 9.15. The second kappa shape index (κ2) is 6.30. The van der Waals surface area contributed by atoms with Crippen molar-refractivity contribution >= 4 is 5.78 Å². The number of nitrogens with two attached hydrogens (primary N) is 1. The maximum Gasteiger partial charge on any atom is 0.138 e. The molecule has 1 atom stereocenters. The molecule has 0 saturated heterocycles. The highest BCUT2D eigenvalue weighted by molar-refractivity contribution is 5.81. The molecule has 0 bridgehead atoms. The normalized spacial score (nSPS) is 12.4. The van der Waals surface area contributed by atoms with E-state index in [-0.39, 0.29) is 11.8 Å². The molecule has 1 heterocycles. The Morgan fingerprint density at radius 1 is 1.47 bits per heavy atom. The fourth-order valence-electron chi connectivity index (χ4n) is 1.57. The van der Waals surface area contributed by atoms with Gasteiger partial charge in [0.1, 0.15) is 5.78 Å². The average Bonchev–Trinajstić information content (AvgIpc) is 2.19. The van der Waals surface area contributed by atoms with E-state index in [4.69, 9.17) is 5.73 Å². The Balaban J connectivity index is 2.36. The summed E-state index contributed by atoms with van der Waals surface area (Å²) in [5.41, 5.74) is 6.82. The van der Waals surface area contributed by atoms with Crippen molar-refractivity contribution in [2.75, 3.05) is 0 Å². The van der Waals surface area contributed by atoms with Gasteiger partial charge >= 0.3 is 0 Å². The van der Waals surface area contributed by atoms with Crippen molar-refractivity contribution in [1.29, 1.82) is 0 Å². The number of carbonyl (C=O) groups excluding carboxylic acids is 1. The van der Waals surface area contributed by atoms with E-state index in [1.807, 2.05) is 12.1 Å². The number of nitrogens with zero attached hydrogens (tertiary/aromatic N) is 1. The SMILES string of the molecule is CCCC(N)CC(=O)Cc1ccncc1. The van der Waals surface area contributed by atoms with Gasteiger partial charge in [0.05, 0.1) is 0 Å². The van der Waals surface area contributed by atoms with E-state index in [1.54, 1.807) is 12.4 Å². The highest BCUT2D eigenvalue weighted by Crippen LogP contribution is 2.04. The van der Waals surface area contributed by atoms with Gasteiger partial charge in [0.2, 0.25) is 0 Å². The number of carbonyl (C=O) groups is 1. The highest BCUT2D eigenvalue weighted by Gasteiger charge is 2.09. The first-order valence-corrected chi connectivity index (χ1v) is 5.38. The predicted octanol–water partition coefficient (Wildman–Crippen LogP) is 1.71. The lowest BCUT2D eigenvalue weighted by molar-refractivity contribution is -0.118. The summed E-state index contributed by atoms with van der Waals surface area (Å²) >= 11 is 0. The quantitative estimate of drug-likeness (QED) is 0.771. The third kappa shape index (κ3) is 4.70. The molecule has 0 saturated carbocycles. The van der Waals surface area contributed by atoms with Gasteiger partial charge in [-0.3, -0.25) is 9.78 Å². The molecule has 0 radical (unpaired) electrons. The molecule has 0 fully saturated rings. The Bertz CT molecular complexity index is 298. The van der Waals surface area contributed by atoms with E-state index in [9.17, 15) is 4.79 Å². The summed E-state index contributed by atoms with van der Waals surface area (Å²) in [7, 11) is 0. The lowest BCUT2D eigenvalue weighted by atomic mass is 10.0. The van der Waals surface area contributed by atoms with Crippen LogP contribution in [-0.4, -0.2) is 16.8 Å².